The normalized spacial score (nSPS) is 11.2. The first-order valence-electron chi connectivity index (χ1n) is 6.52. The summed E-state index contributed by atoms with van der Waals surface area (Å²) >= 11 is 6.36. The zero-order chi connectivity index (χ0) is 14.3. The van der Waals surface area contributed by atoms with Crippen LogP contribution in [0.2, 0.25) is 5.02 Å². The van der Waals surface area contributed by atoms with E-state index in [-0.39, 0.29) is 0 Å². The second-order valence-electron chi connectivity index (χ2n) is 4.97. The van der Waals surface area contributed by atoms with Gasteiger partial charge in [0.15, 0.2) is 0 Å². The van der Waals surface area contributed by atoms with Crippen LogP contribution in [0.3, 0.4) is 0 Å². The fraction of sp³-hybridized carbons (Fsp3) is 0.188. The van der Waals surface area contributed by atoms with E-state index in [0.717, 1.165) is 38.6 Å². The number of nitrogens with zero attached hydrogens (tertiary/aromatic N) is 2. The summed E-state index contributed by atoms with van der Waals surface area (Å²) in [4.78, 5) is 4.74. The Hall–Kier alpha value is -1.84. The first kappa shape index (κ1) is 13.2. The number of rotatable bonds is 2. The van der Waals surface area contributed by atoms with Crippen LogP contribution in [0.1, 0.15) is 11.1 Å². The number of hydrogen-bond acceptors (Lipinski definition) is 2. The first-order valence-corrected chi connectivity index (χ1v) is 6.90. The van der Waals surface area contributed by atoms with Gasteiger partial charge in [0.1, 0.15) is 5.82 Å². The number of imidazole rings is 1. The van der Waals surface area contributed by atoms with Crippen molar-refractivity contribution >= 4 is 22.6 Å². The number of nitrogens with two attached hydrogens (primary N) is 1. The van der Waals surface area contributed by atoms with Gasteiger partial charge < -0.3 is 10.3 Å². The third kappa shape index (κ3) is 1.99. The zero-order valence-electron chi connectivity index (χ0n) is 11.5. The molecule has 0 bridgehead atoms. The Morgan fingerprint density at radius 2 is 2.05 bits per heavy atom. The van der Waals surface area contributed by atoms with Crippen molar-refractivity contribution in [3.8, 4) is 11.4 Å². The van der Waals surface area contributed by atoms with E-state index in [2.05, 4.69) is 4.57 Å². The Morgan fingerprint density at radius 3 is 2.75 bits per heavy atom. The molecule has 0 atom stereocenters. The van der Waals surface area contributed by atoms with Crippen molar-refractivity contribution in [2.75, 3.05) is 0 Å². The topological polar surface area (TPSA) is 43.8 Å². The lowest BCUT2D eigenvalue weighted by Crippen LogP contribution is -1.97. The number of benzene rings is 2. The van der Waals surface area contributed by atoms with Crippen molar-refractivity contribution in [3.05, 3.63) is 52.5 Å². The van der Waals surface area contributed by atoms with E-state index in [0.29, 0.717) is 6.54 Å². The van der Waals surface area contributed by atoms with Gasteiger partial charge in [0.2, 0.25) is 0 Å². The second-order valence-corrected chi connectivity index (χ2v) is 5.37. The number of aromatic nitrogens is 2. The molecule has 0 fully saturated rings. The molecule has 0 aliphatic rings. The molecule has 3 nitrogen and oxygen atoms in total. The van der Waals surface area contributed by atoms with Crippen LogP contribution in [0.4, 0.5) is 0 Å². The molecule has 3 aromatic rings. The van der Waals surface area contributed by atoms with Gasteiger partial charge in [0, 0.05) is 19.2 Å². The Kier molecular flexibility index (Phi) is 3.24. The summed E-state index contributed by atoms with van der Waals surface area (Å²) in [6.45, 7) is 2.51. The number of aryl methyl sites for hydroxylation is 2. The highest BCUT2D eigenvalue weighted by Crippen LogP contribution is 2.31. The van der Waals surface area contributed by atoms with Gasteiger partial charge in [0.25, 0.3) is 0 Å². The van der Waals surface area contributed by atoms with Crippen molar-refractivity contribution in [3.63, 3.8) is 0 Å². The highest BCUT2D eigenvalue weighted by Gasteiger charge is 2.14. The van der Waals surface area contributed by atoms with E-state index in [1.54, 1.807) is 0 Å². The fourth-order valence-electron chi connectivity index (χ4n) is 2.48. The zero-order valence-corrected chi connectivity index (χ0v) is 12.3. The number of hydrogen-bond donors (Lipinski definition) is 1. The van der Waals surface area contributed by atoms with E-state index in [4.69, 9.17) is 22.3 Å². The minimum atomic E-state index is 0.482. The van der Waals surface area contributed by atoms with Crippen molar-refractivity contribution in [1.29, 1.82) is 0 Å². The molecule has 1 aromatic heterocycles. The van der Waals surface area contributed by atoms with E-state index in [1.807, 2.05) is 50.4 Å². The van der Waals surface area contributed by atoms with Crippen molar-refractivity contribution < 1.29 is 0 Å². The molecule has 0 aliphatic heterocycles. The summed E-state index contributed by atoms with van der Waals surface area (Å²) in [6.07, 6.45) is 0. The lowest BCUT2D eigenvalue weighted by atomic mass is 10.1. The monoisotopic (exact) mass is 285 g/mol. The number of halogens is 1. The summed E-state index contributed by atoms with van der Waals surface area (Å²) < 4.78 is 2.06. The summed E-state index contributed by atoms with van der Waals surface area (Å²) in [5.41, 5.74) is 10.9. The van der Waals surface area contributed by atoms with E-state index < -0.39 is 0 Å². The maximum atomic E-state index is 6.36. The maximum absolute atomic E-state index is 6.36. The van der Waals surface area contributed by atoms with Gasteiger partial charge >= 0.3 is 0 Å². The first-order chi connectivity index (χ1) is 9.61. The molecule has 0 unspecified atom stereocenters. The molecule has 20 heavy (non-hydrogen) atoms. The average molecular weight is 286 g/mol. The van der Waals surface area contributed by atoms with E-state index in [9.17, 15) is 0 Å². The fourth-order valence-corrected chi connectivity index (χ4v) is 2.80. The van der Waals surface area contributed by atoms with Gasteiger partial charge in [-0.15, -0.1) is 0 Å². The molecule has 3 rings (SSSR count). The quantitative estimate of drug-likeness (QED) is 0.781. The Morgan fingerprint density at radius 1 is 1.25 bits per heavy atom. The van der Waals surface area contributed by atoms with Gasteiger partial charge in [-0.2, -0.15) is 0 Å². The van der Waals surface area contributed by atoms with Crippen LogP contribution in [0.15, 0.2) is 36.4 Å². The van der Waals surface area contributed by atoms with Crippen LogP contribution in [0, 0.1) is 6.92 Å². The molecule has 0 radical (unpaired) electrons. The predicted molar refractivity (Wildman–Crippen MR) is 83.8 cm³/mol. The molecule has 2 N–H and O–H groups in total. The van der Waals surface area contributed by atoms with Gasteiger partial charge in [-0.1, -0.05) is 29.8 Å². The average Bonchev–Trinajstić information content (AvgIpc) is 2.76. The van der Waals surface area contributed by atoms with E-state index >= 15 is 0 Å². The van der Waals surface area contributed by atoms with E-state index in [1.165, 1.54) is 0 Å². The Labute approximate surface area is 123 Å². The van der Waals surface area contributed by atoms with Gasteiger partial charge in [0.05, 0.1) is 16.1 Å². The molecule has 0 aliphatic carbocycles. The molecule has 0 amide bonds. The molecular formula is C16H16ClN3. The van der Waals surface area contributed by atoms with Crippen LogP contribution in [0.25, 0.3) is 22.4 Å². The smallest absolute Gasteiger partial charge is 0.142 e. The third-order valence-electron chi connectivity index (χ3n) is 3.58. The summed E-state index contributed by atoms with van der Waals surface area (Å²) in [7, 11) is 2.00. The van der Waals surface area contributed by atoms with Crippen molar-refractivity contribution in [2.24, 2.45) is 12.8 Å². The van der Waals surface area contributed by atoms with Crippen molar-refractivity contribution in [1.82, 2.24) is 9.55 Å². The molecule has 0 saturated carbocycles. The van der Waals surface area contributed by atoms with Crippen LogP contribution in [0.5, 0.6) is 0 Å². The lowest BCUT2D eigenvalue weighted by Gasteiger charge is -2.05. The Balaban J connectivity index is 2.29. The second kappa shape index (κ2) is 4.93. The largest absolute Gasteiger partial charge is 0.327 e. The molecule has 102 valence electrons. The van der Waals surface area contributed by atoms with Crippen molar-refractivity contribution in [2.45, 2.75) is 13.5 Å². The Bertz CT molecular complexity index is 790. The standard InChI is InChI=1S/C16H16ClN3/c1-10-6-7-12(13(17)8-10)16-19-15-11(9-18)4-3-5-14(15)20(16)2/h3-8H,9,18H2,1-2H3. The highest BCUT2D eigenvalue weighted by molar-refractivity contribution is 6.33. The van der Waals surface area contributed by atoms with Gasteiger partial charge in [-0.3, -0.25) is 0 Å². The summed E-state index contributed by atoms with van der Waals surface area (Å²) in [5.74, 6) is 0.867. The molecule has 4 heteroatoms. The van der Waals surface area contributed by atoms with Crippen LogP contribution < -0.4 is 5.73 Å². The maximum Gasteiger partial charge on any atom is 0.142 e. The molecular weight excluding hydrogens is 270 g/mol. The minimum Gasteiger partial charge on any atom is -0.327 e. The predicted octanol–water partition coefficient (Wildman–Crippen LogP) is 3.66. The van der Waals surface area contributed by atoms with Crippen LogP contribution >= 0.6 is 11.6 Å². The number of para-hydroxylation sites is 1. The molecule has 0 saturated heterocycles. The molecule has 0 spiro atoms. The summed E-state index contributed by atoms with van der Waals surface area (Å²) in [5, 5.41) is 0.720. The summed E-state index contributed by atoms with van der Waals surface area (Å²) in [6, 6.07) is 12.1. The molecule has 1 heterocycles. The molecule has 2 aromatic carbocycles. The van der Waals surface area contributed by atoms with Gasteiger partial charge in [-0.05, 0) is 36.2 Å². The SMILES string of the molecule is Cc1ccc(-c2nc3c(CN)cccc3n2C)c(Cl)c1. The van der Waals surface area contributed by atoms with Gasteiger partial charge in [-0.25, -0.2) is 4.98 Å². The lowest BCUT2D eigenvalue weighted by molar-refractivity contribution is 0.959. The number of fused-ring (bicyclic) bond motifs is 1. The van der Waals surface area contributed by atoms with Crippen LogP contribution in [-0.2, 0) is 13.6 Å². The third-order valence-corrected chi connectivity index (χ3v) is 3.89. The van der Waals surface area contributed by atoms with Crippen LogP contribution in [-0.4, -0.2) is 9.55 Å². The highest BCUT2D eigenvalue weighted by atomic mass is 35.5. The minimum absolute atomic E-state index is 0.482.